The highest BCUT2D eigenvalue weighted by molar-refractivity contribution is 6.14. The summed E-state index contributed by atoms with van der Waals surface area (Å²) in [6.45, 7) is 0. The summed E-state index contributed by atoms with van der Waals surface area (Å²) in [4.78, 5) is 19.7. The van der Waals surface area contributed by atoms with Gasteiger partial charge in [-0.05, 0) is 81.6 Å². The molecule has 0 radical (unpaired) electrons. The molecule has 0 bridgehead atoms. The molecule has 0 fully saturated rings. The first kappa shape index (κ1) is 27.4. The van der Waals surface area contributed by atoms with Crippen LogP contribution in [0.2, 0.25) is 0 Å². The zero-order chi connectivity index (χ0) is 32.3. The van der Waals surface area contributed by atoms with Crippen LogP contribution in [0.4, 0.5) is 0 Å². The highest BCUT2D eigenvalue weighted by Crippen LogP contribution is 2.39. The van der Waals surface area contributed by atoms with Gasteiger partial charge < -0.3 is 0 Å². The lowest BCUT2D eigenvalue weighted by Crippen LogP contribution is -2.04. The first-order valence-corrected chi connectivity index (χ1v) is 16.4. The number of aromatic nitrogens is 5. The van der Waals surface area contributed by atoms with Crippen molar-refractivity contribution in [2.75, 3.05) is 0 Å². The summed E-state index contributed by atoms with van der Waals surface area (Å²) in [6.07, 6.45) is 3.61. The smallest absolute Gasteiger partial charge is 0.180 e. The minimum atomic E-state index is 0.609. The fraction of sp³-hybridized carbons (Fsp3) is 0. The number of pyridine rings is 2. The number of benzene rings is 6. The molecule has 5 nitrogen and oxygen atoms in total. The summed E-state index contributed by atoms with van der Waals surface area (Å²) in [5.74, 6) is 0.747. The molecular formula is C44H27N5. The van der Waals surface area contributed by atoms with E-state index in [1.165, 1.54) is 27.3 Å². The van der Waals surface area contributed by atoms with Gasteiger partial charge in [0.1, 0.15) is 11.2 Å². The maximum atomic E-state index is 5.25. The number of hydrogen-bond donors (Lipinski definition) is 0. The lowest BCUT2D eigenvalue weighted by molar-refractivity contribution is 1.07. The molecule has 49 heavy (non-hydrogen) atoms. The molecule has 5 heteroatoms. The second-order valence-corrected chi connectivity index (χ2v) is 12.4. The van der Waals surface area contributed by atoms with Crippen molar-refractivity contribution in [3.8, 4) is 39.3 Å². The van der Waals surface area contributed by atoms with Crippen LogP contribution in [0, 0.1) is 0 Å². The third-order valence-corrected chi connectivity index (χ3v) is 9.47. The van der Waals surface area contributed by atoms with Crippen LogP contribution in [0.3, 0.4) is 0 Å². The van der Waals surface area contributed by atoms with Crippen LogP contribution in [-0.4, -0.2) is 24.5 Å². The van der Waals surface area contributed by atoms with Crippen LogP contribution in [0.25, 0.3) is 94.0 Å². The summed E-state index contributed by atoms with van der Waals surface area (Å²) < 4.78 is 2.27. The van der Waals surface area contributed by atoms with Gasteiger partial charge in [0.25, 0.3) is 0 Å². The number of hydrogen-bond acceptors (Lipinski definition) is 4. The fourth-order valence-electron chi connectivity index (χ4n) is 7.05. The van der Waals surface area contributed by atoms with Gasteiger partial charge in [0, 0.05) is 34.1 Å². The predicted octanol–water partition coefficient (Wildman–Crippen LogP) is 10.8. The quantitative estimate of drug-likeness (QED) is 0.195. The van der Waals surface area contributed by atoms with Crippen molar-refractivity contribution < 1.29 is 0 Å². The Morgan fingerprint density at radius 1 is 0.388 bits per heavy atom. The molecule has 0 saturated heterocycles. The Morgan fingerprint density at radius 3 is 1.92 bits per heavy atom. The fourth-order valence-corrected chi connectivity index (χ4v) is 7.05. The van der Waals surface area contributed by atoms with Crippen molar-refractivity contribution in [3.05, 3.63) is 164 Å². The van der Waals surface area contributed by atoms with Crippen LogP contribution in [0.5, 0.6) is 0 Å². The van der Waals surface area contributed by atoms with Gasteiger partial charge in [-0.2, -0.15) is 0 Å². The first-order chi connectivity index (χ1) is 24.3. The van der Waals surface area contributed by atoms with E-state index >= 15 is 0 Å². The zero-order valence-corrected chi connectivity index (χ0v) is 26.3. The summed E-state index contributed by atoms with van der Waals surface area (Å²) in [7, 11) is 0. The van der Waals surface area contributed by atoms with Crippen molar-refractivity contribution in [2.45, 2.75) is 0 Å². The summed E-state index contributed by atoms with van der Waals surface area (Å²) >= 11 is 0. The Labute approximate surface area is 281 Å². The van der Waals surface area contributed by atoms with Gasteiger partial charge >= 0.3 is 0 Å². The van der Waals surface area contributed by atoms with E-state index in [0.717, 1.165) is 61.0 Å². The van der Waals surface area contributed by atoms with Gasteiger partial charge in [0.05, 0.1) is 16.6 Å². The van der Waals surface area contributed by atoms with Gasteiger partial charge in [-0.3, -0.25) is 9.55 Å². The van der Waals surface area contributed by atoms with Crippen molar-refractivity contribution in [1.29, 1.82) is 0 Å². The Kier molecular flexibility index (Phi) is 6.11. The van der Waals surface area contributed by atoms with Crippen LogP contribution < -0.4 is 0 Å². The van der Waals surface area contributed by atoms with Crippen molar-refractivity contribution >= 4 is 54.6 Å². The SMILES string of the molecule is c1ccc(-c2ccc3c(c2)c2cc4ccccc4cc2n3-c2nc3ncccc3nc2-c2ccc(-c3ccc4cccnc4c3)cc2)cc1. The molecule has 0 atom stereocenters. The Balaban J connectivity index is 1.22. The minimum Gasteiger partial charge on any atom is -0.292 e. The average molecular weight is 626 g/mol. The predicted molar refractivity (Wildman–Crippen MR) is 201 cm³/mol. The van der Waals surface area contributed by atoms with E-state index in [2.05, 4.69) is 148 Å². The van der Waals surface area contributed by atoms with Crippen LogP contribution >= 0.6 is 0 Å². The van der Waals surface area contributed by atoms with E-state index in [1.54, 1.807) is 6.20 Å². The summed E-state index contributed by atoms with van der Waals surface area (Å²) in [5.41, 5.74) is 10.9. The first-order valence-electron chi connectivity index (χ1n) is 16.4. The molecular weight excluding hydrogens is 599 g/mol. The third kappa shape index (κ3) is 4.55. The topological polar surface area (TPSA) is 56.5 Å². The summed E-state index contributed by atoms with van der Waals surface area (Å²) in [5, 5.41) is 5.83. The van der Waals surface area contributed by atoms with Gasteiger partial charge in [-0.25, -0.2) is 15.0 Å². The highest BCUT2D eigenvalue weighted by Gasteiger charge is 2.21. The largest absolute Gasteiger partial charge is 0.292 e. The third-order valence-electron chi connectivity index (χ3n) is 9.47. The monoisotopic (exact) mass is 625 g/mol. The Bertz CT molecular complexity index is 2870. The number of fused-ring (bicyclic) bond motifs is 6. The second-order valence-electron chi connectivity index (χ2n) is 12.4. The number of nitrogens with zero attached hydrogens (tertiary/aromatic N) is 5. The molecule has 0 aliphatic rings. The van der Waals surface area contributed by atoms with E-state index in [9.17, 15) is 0 Å². The molecule has 228 valence electrons. The van der Waals surface area contributed by atoms with E-state index in [4.69, 9.17) is 9.97 Å². The molecule has 10 rings (SSSR count). The average Bonchev–Trinajstić information content (AvgIpc) is 3.49. The molecule has 0 unspecified atom stereocenters. The Morgan fingerprint density at radius 2 is 1.04 bits per heavy atom. The molecule has 0 spiro atoms. The normalized spacial score (nSPS) is 11.7. The standard InChI is InChI=1S/C44H27N5/c1-2-8-28(9-3-1)34-20-21-40-36(25-34)37-24-32-10-4-5-11-33(32)27-41(37)49(40)44-42(47-38-13-7-23-46-43(38)48-44)31-17-14-29(15-18-31)35-19-16-30-12-6-22-45-39(30)26-35/h1-27H. The van der Waals surface area contributed by atoms with Gasteiger partial charge in [-0.15, -0.1) is 0 Å². The molecule has 0 amide bonds. The van der Waals surface area contributed by atoms with Crippen LogP contribution in [0.1, 0.15) is 0 Å². The summed E-state index contributed by atoms with van der Waals surface area (Å²) in [6, 6.07) is 53.3. The lowest BCUT2D eigenvalue weighted by Gasteiger charge is -2.14. The Hall–Kier alpha value is -6.72. The van der Waals surface area contributed by atoms with E-state index in [-0.39, 0.29) is 0 Å². The van der Waals surface area contributed by atoms with E-state index < -0.39 is 0 Å². The second kappa shape index (κ2) is 10.9. The molecule has 0 saturated carbocycles. The molecule has 4 aromatic heterocycles. The maximum Gasteiger partial charge on any atom is 0.180 e. The van der Waals surface area contributed by atoms with Crippen molar-refractivity contribution in [3.63, 3.8) is 0 Å². The molecule has 10 aromatic rings. The minimum absolute atomic E-state index is 0.609. The van der Waals surface area contributed by atoms with Crippen molar-refractivity contribution in [1.82, 2.24) is 24.5 Å². The van der Waals surface area contributed by atoms with E-state index in [0.29, 0.717) is 5.65 Å². The molecule has 6 aromatic carbocycles. The molecule has 0 N–H and O–H groups in total. The van der Waals surface area contributed by atoms with Gasteiger partial charge in [-0.1, -0.05) is 103 Å². The van der Waals surface area contributed by atoms with Crippen LogP contribution in [-0.2, 0) is 0 Å². The lowest BCUT2D eigenvalue weighted by atomic mass is 10.0. The van der Waals surface area contributed by atoms with E-state index in [1.807, 2.05) is 24.4 Å². The molecule has 4 heterocycles. The number of rotatable bonds is 4. The highest BCUT2D eigenvalue weighted by atomic mass is 15.1. The van der Waals surface area contributed by atoms with Crippen LogP contribution in [0.15, 0.2) is 164 Å². The van der Waals surface area contributed by atoms with Gasteiger partial charge in [0.15, 0.2) is 11.5 Å². The molecule has 0 aliphatic heterocycles. The maximum absolute atomic E-state index is 5.25. The van der Waals surface area contributed by atoms with Gasteiger partial charge in [0.2, 0.25) is 0 Å². The zero-order valence-electron chi connectivity index (χ0n) is 26.3. The van der Waals surface area contributed by atoms with Crippen molar-refractivity contribution in [2.24, 2.45) is 0 Å². The molecule has 0 aliphatic carbocycles.